The number of hydrogen-bond acceptors (Lipinski definition) is 2. The van der Waals surface area contributed by atoms with Crippen molar-refractivity contribution in [3.05, 3.63) is 50.8 Å². The number of aldehydes is 1. The lowest BCUT2D eigenvalue weighted by Crippen LogP contribution is -1.95. The quantitative estimate of drug-likeness (QED) is 0.596. The van der Waals surface area contributed by atoms with Gasteiger partial charge in [0.15, 0.2) is 12.1 Å². The maximum atomic E-state index is 13.9. The second-order valence-electron chi connectivity index (χ2n) is 3.40. The van der Waals surface area contributed by atoms with Crippen LogP contribution in [0.3, 0.4) is 0 Å². The molecule has 0 amide bonds. The first-order valence-corrected chi connectivity index (χ1v) is 5.93. The van der Waals surface area contributed by atoms with Crippen LogP contribution in [0, 0.1) is 5.82 Å². The summed E-state index contributed by atoms with van der Waals surface area (Å²) in [7, 11) is 0. The van der Waals surface area contributed by atoms with Gasteiger partial charge >= 0.3 is 0 Å². The van der Waals surface area contributed by atoms with Gasteiger partial charge in [0.25, 0.3) is 0 Å². The summed E-state index contributed by atoms with van der Waals surface area (Å²) in [5.41, 5.74) is 0.151. The summed E-state index contributed by atoms with van der Waals surface area (Å²) >= 11 is 17.6. The number of halogens is 4. The van der Waals surface area contributed by atoms with Crippen molar-refractivity contribution in [1.29, 1.82) is 0 Å². The first-order valence-electron chi connectivity index (χ1n) is 4.79. The zero-order valence-corrected chi connectivity index (χ0v) is 11.0. The van der Waals surface area contributed by atoms with Crippen LogP contribution >= 0.6 is 34.8 Å². The highest BCUT2D eigenvalue weighted by molar-refractivity contribution is 6.49. The lowest BCUT2D eigenvalue weighted by Gasteiger charge is -2.08. The van der Waals surface area contributed by atoms with Gasteiger partial charge in [0.1, 0.15) is 5.69 Å². The molecule has 2 aromatic rings. The number of aromatic nitrogens is 1. The van der Waals surface area contributed by atoms with E-state index in [-0.39, 0.29) is 31.9 Å². The molecule has 0 radical (unpaired) electrons. The van der Waals surface area contributed by atoms with Crippen molar-refractivity contribution >= 4 is 41.1 Å². The first-order chi connectivity index (χ1) is 8.56. The van der Waals surface area contributed by atoms with Crippen LogP contribution < -0.4 is 0 Å². The standard InChI is InChI=1S/C12H5Cl3FNO/c13-8-2-1-7(9(14)10(8)15)12-11(16)6(5-18)3-4-17-12/h1-5H. The van der Waals surface area contributed by atoms with Crippen LogP contribution in [0.1, 0.15) is 10.4 Å². The maximum Gasteiger partial charge on any atom is 0.160 e. The SMILES string of the molecule is O=Cc1ccnc(-c2ccc(Cl)c(Cl)c2Cl)c1F. The minimum atomic E-state index is -0.743. The summed E-state index contributed by atoms with van der Waals surface area (Å²) in [6, 6.07) is 4.26. The molecule has 0 aliphatic carbocycles. The highest BCUT2D eigenvalue weighted by Gasteiger charge is 2.16. The van der Waals surface area contributed by atoms with Gasteiger partial charge in [0.2, 0.25) is 0 Å². The largest absolute Gasteiger partial charge is 0.298 e. The molecule has 0 unspecified atom stereocenters. The smallest absolute Gasteiger partial charge is 0.160 e. The maximum absolute atomic E-state index is 13.9. The molecule has 0 saturated heterocycles. The number of benzene rings is 1. The predicted molar refractivity (Wildman–Crippen MR) is 70.0 cm³/mol. The summed E-state index contributed by atoms with van der Waals surface area (Å²) in [4.78, 5) is 14.5. The molecule has 0 atom stereocenters. The molecule has 0 aliphatic rings. The molecule has 0 spiro atoms. The predicted octanol–water partition coefficient (Wildman–Crippen LogP) is 4.66. The van der Waals surface area contributed by atoms with Crippen LogP contribution in [0.5, 0.6) is 0 Å². The topological polar surface area (TPSA) is 30.0 Å². The Bertz CT molecular complexity index is 631. The molecule has 18 heavy (non-hydrogen) atoms. The van der Waals surface area contributed by atoms with E-state index >= 15 is 0 Å². The second-order valence-corrected chi connectivity index (χ2v) is 4.57. The Morgan fingerprint density at radius 1 is 1.11 bits per heavy atom. The van der Waals surface area contributed by atoms with Gasteiger partial charge in [-0.3, -0.25) is 9.78 Å². The van der Waals surface area contributed by atoms with E-state index in [0.29, 0.717) is 6.29 Å². The van der Waals surface area contributed by atoms with Gasteiger partial charge < -0.3 is 0 Å². The number of hydrogen-bond donors (Lipinski definition) is 0. The zero-order chi connectivity index (χ0) is 13.3. The van der Waals surface area contributed by atoms with E-state index in [4.69, 9.17) is 34.8 Å². The zero-order valence-electron chi connectivity index (χ0n) is 8.75. The molecule has 1 aromatic carbocycles. The van der Waals surface area contributed by atoms with Crippen LogP contribution in [-0.2, 0) is 0 Å². The van der Waals surface area contributed by atoms with Crippen molar-refractivity contribution in [2.75, 3.05) is 0 Å². The number of rotatable bonds is 2. The summed E-state index contributed by atoms with van der Waals surface area (Å²) in [6.07, 6.45) is 1.73. The van der Waals surface area contributed by atoms with Gasteiger partial charge in [-0.25, -0.2) is 4.39 Å². The fourth-order valence-electron chi connectivity index (χ4n) is 1.45. The summed E-state index contributed by atoms with van der Waals surface area (Å²) < 4.78 is 13.9. The van der Waals surface area contributed by atoms with E-state index in [1.807, 2.05) is 0 Å². The third kappa shape index (κ3) is 2.21. The average molecular weight is 305 g/mol. The van der Waals surface area contributed by atoms with Crippen molar-refractivity contribution < 1.29 is 9.18 Å². The lowest BCUT2D eigenvalue weighted by molar-refractivity contribution is 0.111. The summed E-state index contributed by atoms with van der Waals surface area (Å²) in [5, 5.41) is 0.476. The lowest BCUT2D eigenvalue weighted by atomic mass is 10.1. The number of pyridine rings is 1. The fourth-order valence-corrected chi connectivity index (χ4v) is 2.07. The monoisotopic (exact) mass is 303 g/mol. The van der Waals surface area contributed by atoms with E-state index in [1.165, 1.54) is 24.4 Å². The number of nitrogens with zero attached hydrogens (tertiary/aromatic N) is 1. The molecular weight excluding hydrogens is 299 g/mol. The average Bonchev–Trinajstić information content (AvgIpc) is 2.37. The molecule has 92 valence electrons. The minimum absolute atomic E-state index is 0.0387. The van der Waals surface area contributed by atoms with E-state index in [1.54, 1.807) is 0 Å². The van der Waals surface area contributed by atoms with E-state index in [0.717, 1.165) is 0 Å². The molecule has 6 heteroatoms. The molecule has 0 N–H and O–H groups in total. The van der Waals surface area contributed by atoms with Crippen molar-refractivity contribution in [2.45, 2.75) is 0 Å². The Kier molecular flexibility index (Phi) is 3.85. The molecule has 0 aliphatic heterocycles. The molecule has 2 rings (SSSR count). The number of carbonyl (C=O) groups is 1. The van der Waals surface area contributed by atoms with Crippen LogP contribution in [0.15, 0.2) is 24.4 Å². The van der Waals surface area contributed by atoms with Gasteiger partial charge in [-0.1, -0.05) is 34.8 Å². The second kappa shape index (κ2) is 5.22. The van der Waals surface area contributed by atoms with Gasteiger partial charge in [-0.05, 0) is 18.2 Å². The van der Waals surface area contributed by atoms with Crippen LogP contribution in [0.2, 0.25) is 15.1 Å². The number of carbonyl (C=O) groups excluding carboxylic acids is 1. The normalized spacial score (nSPS) is 10.4. The molecule has 2 nitrogen and oxygen atoms in total. The molecule has 0 saturated carbocycles. The Morgan fingerprint density at radius 3 is 2.50 bits per heavy atom. The van der Waals surface area contributed by atoms with Gasteiger partial charge in [0, 0.05) is 11.8 Å². The van der Waals surface area contributed by atoms with E-state index in [2.05, 4.69) is 4.98 Å². The minimum Gasteiger partial charge on any atom is -0.298 e. The Labute approximate surface area is 117 Å². The van der Waals surface area contributed by atoms with Gasteiger partial charge in [0.05, 0.1) is 20.6 Å². The Hall–Kier alpha value is -1.16. The van der Waals surface area contributed by atoms with Crippen molar-refractivity contribution in [3.63, 3.8) is 0 Å². The molecular formula is C12H5Cl3FNO. The highest BCUT2D eigenvalue weighted by Crippen LogP contribution is 2.38. The van der Waals surface area contributed by atoms with E-state index in [9.17, 15) is 9.18 Å². The molecule has 0 fully saturated rings. The molecule has 1 heterocycles. The highest BCUT2D eigenvalue weighted by atomic mass is 35.5. The fraction of sp³-hybridized carbons (Fsp3) is 0. The van der Waals surface area contributed by atoms with Gasteiger partial charge in [-0.2, -0.15) is 0 Å². The third-order valence-corrected chi connectivity index (χ3v) is 3.63. The van der Waals surface area contributed by atoms with Crippen LogP contribution in [0.25, 0.3) is 11.3 Å². The summed E-state index contributed by atoms with van der Waals surface area (Å²) in [6.45, 7) is 0. The van der Waals surface area contributed by atoms with Crippen LogP contribution in [0.4, 0.5) is 4.39 Å². The summed E-state index contributed by atoms with van der Waals surface area (Å²) in [5.74, 6) is -0.743. The Morgan fingerprint density at radius 2 is 1.83 bits per heavy atom. The molecule has 0 bridgehead atoms. The van der Waals surface area contributed by atoms with E-state index < -0.39 is 5.82 Å². The molecule has 1 aromatic heterocycles. The van der Waals surface area contributed by atoms with Crippen molar-refractivity contribution in [2.24, 2.45) is 0 Å². The van der Waals surface area contributed by atoms with Crippen molar-refractivity contribution in [3.8, 4) is 11.3 Å². The first kappa shape index (κ1) is 13.3. The third-order valence-electron chi connectivity index (χ3n) is 2.34. The van der Waals surface area contributed by atoms with Crippen LogP contribution in [-0.4, -0.2) is 11.3 Å². The van der Waals surface area contributed by atoms with Crippen molar-refractivity contribution in [1.82, 2.24) is 4.98 Å². The van der Waals surface area contributed by atoms with Gasteiger partial charge in [-0.15, -0.1) is 0 Å². The Balaban J connectivity index is 2.70.